The Morgan fingerprint density at radius 3 is 2.85 bits per heavy atom. The molecule has 0 amide bonds. The monoisotopic (exact) mass is 368 g/mol. The zero-order valence-corrected chi connectivity index (χ0v) is 14.9. The van der Waals surface area contributed by atoms with Crippen molar-refractivity contribution in [1.29, 1.82) is 0 Å². The van der Waals surface area contributed by atoms with Gasteiger partial charge in [0, 0.05) is 23.5 Å². The van der Waals surface area contributed by atoms with E-state index >= 15 is 0 Å². The normalized spacial score (nSPS) is 12.1. The number of benzene rings is 2. The minimum atomic E-state index is 0.274. The first-order valence-corrected chi connectivity index (χ1v) is 8.54. The summed E-state index contributed by atoms with van der Waals surface area (Å²) in [5, 5.41) is 7.15. The van der Waals surface area contributed by atoms with Crippen molar-refractivity contribution in [2.24, 2.45) is 0 Å². The summed E-state index contributed by atoms with van der Waals surface area (Å²) in [6, 6.07) is 13.4. The van der Waals surface area contributed by atoms with E-state index in [2.05, 4.69) is 20.6 Å². The first-order valence-electron chi connectivity index (χ1n) is 8.16. The van der Waals surface area contributed by atoms with Gasteiger partial charge in [-0.15, -0.1) is 0 Å². The molecule has 4 rings (SSSR count). The summed E-state index contributed by atoms with van der Waals surface area (Å²) in [5.41, 5.74) is 2.94. The number of nitrogens with zero attached hydrogens (tertiary/aromatic N) is 2. The zero-order chi connectivity index (χ0) is 17.9. The van der Waals surface area contributed by atoms with Crippen molar-refractivity contribution in [2.45, 2.75) is 13.5 Å². The van der Waals surface area contributed by atoms with Gasteiger partial charge >= 0.3 is 0 Å². The van der Waals surface area contributed by atoms with Crippen LogP contribution >= 0.6 is 11.6 Å². The second-order valence-electron chi connectivity index (χ2n) is 5.90. The third-order valence-electron chi connectivity index (χ3n) is 3.99. The number of ether oxygens (including phenoxy) is 2. The van der Waals surface area contributed by atoms with Crippen LogP contribution in [0.1, 0.15) is 11.1 Å². The third-order valence-corrected chi connectivity index (χ3v) is 4.40. The van der Waals surface area contributed by atoms with Crippen LogP contribution in [-0.4, -0.2) is 16.8 Å². The maximum Gasteiger partial charge on any atom is 0.231 e. The molecule has 1 aliphatic heterocycles. The van der Waals surface area contributed by atoms with E-state index in [1.54, 1.807) is 6.20 Å². The number of aromatic nitrogens is 2. The molecule has 26 heavy (non-hydrogen) atoms. The number of hydrogen-bond donors (Lipinski definition) is 2. The molecule has 2 N–H and O–H groups in total. The van der Waals surface area contributed by atoms with E-state index in [1.807, 2.05) is 49.4 Å². The molecule has 2 aromatic carbocycles. The topological polar surface area (TPSA) is 68.3 Å². The molecule has 0 saturated heterocycles. The van der Waals surface area contributed by atoms with Crippen molar-refractivity contribution in [3.63, 3.8) is 0 Å². The molecule has 3 aromatic rings. The number of nitrogens with one attached hydrogen (secondary N) is 2. The molecular weight excluding hydrogens is 352 g/mol. The molecule has 132 valence electrons. The summed E-state index contributed by atoms with van der Waals surface area (Å²) >= 11 is 6.16. The Kier molecular flexibility index (Phi) is 4.50. The van der Waals surface area contributed by atoms with Crippen LogP contribution in [0.3, 0.4) is 0 Å². The molecule has 0 aliphatic carbocycles. The first kappa shape index (κ1) is 16.5. The Bertz CT molecular complexity index is 949. The minimum Gasteiger partial charge on any atom is -0.454 e. The molecule has 2 heterocycles. The lowest BCUT2D eigenvalue weighted by Crippen LogP contribution is -2.04. The third kappa shape index (κ3) is 3.65. The van der Waals surface area contributed by atoms with Crippen LogP contribution in [0.2, 0.25) is 5.02 Å². The van der Waals surface area contributed by atoms with Gasteiger partial charge in [0.25, 0.3) is 0 Å². The van der Waals surface area contributed by atoms with Gasteiger partial charge in [-0.2, -0.15) is 4.98 Å². The molecule has 0 unspecified atom stereocenters. The van der Waals surface area contributed by atoms with Gasteiger partial charge in [0.05, 0.1) is 0 Å². The number of anilines is 3. The highest BCUT2D eigenvalue weighted by molar-refractivity contribution is 6.31. The van der Waals surface area contributed by atoms with Crippen molar-refractivity contribution in [2.75, 3.05) is 17.4 Å². The van der Waals surface area contributed by atoms with Crippen LogP contribution in [0.15, 0.2) is 48.7 Å². The molecule has 0 bridgehead atoms. The van der Waals surface area contributed by atoms with Crippen LogP contribution < -0.4 is 20.1 Å². The van der Waals surface area contributed by atoms with E-state index in [-0.39, 0.29) is 6.79 Å². The SMILES string of the molecule is Cc1ccc(Nc2nccc(NCc3ccc4c(c3)OCO4)n2)cc1Cl. The fourth-order valence-corrected chi connectivity index (χ4v) is 2.74. The van der Waals surface area contributed by atoms with Crippen molar-refractivity contribution >= 4 is 29.1 Å². The molecule has 1 aliphatic rings. The average Bonchev–Trinajstić information content (AvgIpc) is 3.11. The summed E-state index contributed by atoms with van der Waals surface area (Å²) in [6.07, 6.45) is 1.70. The molecule has 0 atom stereocenters. The molecule has 6 nitrogen and oxygen atoms in total. The number of hydrogen-bond acceptors (Lipinski definition) is 6. The van der Waals surface area contributed by atoms with Crippen molar-refractivity contribution in [3.05, 3.63) is 64.8 Å². The maximum absolute atomic E-state index is 6.16. The summed E-state index contributed by atoms with van der Waals surface area (Å²) in [6.45, 7) is 2.85. The van der Waals surface area contributed by atoms with E-state index in [0.29, 0.717) is 17.5 Å². The quantitative estimate of drug-likeness (QED) is 0.690. The van der Waals surface area contributed by atoms with Crippen molar-refractivity contribution in [1.82, 2.24) is 9.97 Å². The van der Waals surface area contributed by atoms with Crippen molar-refractivity contribution < 1.29 is 9.47 Å². The molecule has 1 aromatic heterocycles. The largest absolute Gasteiger partial charge is 0.454 e. The van der Waals surface area contributed by atoms with E-state index in [9.17, 15) is 0 Å². The molecule has 0 spiro atoms. The van der Waals surface area contributed by atoms with Crippen LogP contribution in [0, 0.1) is 6.92 Å². The van der Waals surface area contributed by atoms with Gasteiger partial charge in [-0.05, 0) is 48.4 Å². The Hall–Kier alpha value is -2.99. The van der Waals surface area contributed by atoms with Gasteiger partial charge in [0.1, 0.15) is 5.82 Å². The summed E-state index contributed by atoms with van der Waals surface area (Å²) in [7, 11) is 0. The van der Waals surface area contributed by atoms with Gasteiger partial charge in [-0.3, -0.25) is 0 Å². The standard InChI is InChI=1S/C19H17ClN4O2/c1-12-2-4-14(9-15(12)20)23-19-21-7-6-18(24-19)22-10-13-3-5-16-17(8-13)26-11-25-16/h2-9H,10-11H2,1H3,(H2,21,22,23,24). The lowest BCUT2D eigenvalue weighted by atomic mass is 10.2. The molecule has 0 saturated carbocycles. The van der Waals surface area contributed by atoms with E-state index < -0.39 is 0 Å². The lowest BCUT2D eigenvalue weighted by Gasteiger charge is -2.09. The summed E-state index contributed by atoms with van der Waals surface area (Å²) in [4.78, 5) is 8.72. The average molecular weight is 369 g/mol. The van der Waals surface area contributed by atoms with E-state index in [1.165, 1.54) is 0 Å². The Morgan fingerprint density at radius 1 is 1.08 bits per heavy atom. The fourth-order valence-electron chi connectivity index (χ4n) is 2.56. The highest BCUT2D eigenvalue weighted by Gasteiger charge is 2.13. The molecule has 0 radical (unpaired) electrons. The Labute approximate surface area is 156 Å². The number of fused-ring (bicyclic) bond motifs is 1. The van der Waals surface area contributed by atoms with E-state index in [4.69, 9.17) is 21.1 Å². The highest BCUT2D eigenvalue weighted by Crippen LogP contribution is 2.32. The second kappa shape index (κ2) is 7.09. The lowest BCUT2D eigenvalue weighted by molar-refractivity contribution is 0.174. The first-order chi connectivity index (χ1) is 12.7. The summed E-state index contributed by atoms with van der Waals surface area (Å²) in [5.74, 6) is 2.77. The number of aryl methyl sites for hydroxylation is 1. The van der Waals surface area contributed by atoms with Crippen LogP contribution in [0.25, 0.3) is 0 Å². The predicted molar refractivity (Wildman–Crippen MR) is 101 cm³/mol. The summed E-state index contributed by atoms with van der Waals surface area (Å²) < 4.78 is 10.7. The van der Waals surface area contributed by atoms with Crippen molar-refractivity contribution in [3.8, 4) is 11.5 Å². The smallest absolute Gasteiger partial charge is 0.231 e. The molecule has 7 heteroatoms. The highest BCUT2D eigenvalue weighted by atomic mass is 35.5. The van der Waals surface area contributed by atoms with E-state index in [0.717, 1.165) is 34.1 Å². The van der Waals surface area contributed by atoms with Gasteiger partial charge in [0.2, 0.25) is 12.7 Å². The van der Waals surface area contributed by atoms with Crippen LogP contribution in [0.4, 0.5) is 17.5 Å². The second-order valence-corrected chi connectivity index (χ2v) is 6.30. The van der Waals surface area contributed by atoms with Gasteiger partial charge in [-0.1, -0.05) is 23.7 Å². The Morgan fingerprint density at radius 2 is 1.96 bits per heavy atom. The maximum atomic E-state index is 6.16. The number of halogens is 1. The van der Waals surface area contributed by atoms with Crippen LogP contribution in [-0.2, 0) is 6.54 Å². The van der Waals surface area contributed by atoms with Gasteiger partial charge < -0.3 is 20.1 Å². The van der Waals surface area contributed by atoms with Gasteiger partial charge in [0.15, 0.2) is 11.5 Å². The van der Waals surface area contributed by atoms with Crippen LogP contribution in [0.5, 0.6) is 11.5 Å². The van der Waals surface area contributed by atoms with Gasteiger partial charge in [-0.25, -0.2) is 4.98 Å². The Balaban J connectivity index is 1.43. The zero-order valence-electron chi connectivity index (χ0n) is 14.1. The molecular formula is C19H17ClN4O2. The minimum absolute atomic E-state index is 0.274. The fraction of sp³-hybridized carbons (Fsp3) is 0.158. The predicted octanol–water partition coefficient (Wildman–Crippen LogP) is 4.52. The molecule has 0 fully saturated rings. The number of rotatable bonds is 5.